The zero-order valence-corrected chi connectivity index (χ0v) is 12.7. The van der Waals surface area contributed by atoms with E-state index in [-0.39, 0.29) is 19.1 Å². The average Bonchev–Trinajstić information content (AvgIpc) is 3.23. The maximum absolute atomic E-state index is 12.9. The highest BCUT2D eigenvalue weighted by atomic mass is 16.5. The molecule has 0 radical (unpaired) electrons. The third-order valence-electron chi connectivity index (χ3n) is 5.00. The van der Waals surface area contributed by atoms with Crippen LogP contribution in [-0.2, 0) is 19.7 Å². The molecule has 3 rings (SSSR count). The minimum Gasteiger partial charge on any atom is -0.481 e. The third-order valence-corrected chi connectivity index (χ3v) is 5.00. The first-order valence-electron chi connectivity index (χ1n) is 7.61. The van der Waals surface area contributed by atoms with Gasteiger partial charge in [-0.1, -0.05) is 30.3 Å². The number of methoxy groups -OCH3 is 1. The number of ether oxygens (including phenoxy) is 1. The molecule has 22 heavy (non-hydrogen) atoms. The van der Waals surface area contributed by atoms with Crippen LogP contribution >= 0.6 is 0 Å². The summed E-state index contributed by atoms with van der Waals surface area (Å²) in [7, 11) is 1.50. The quantitative estimate of drug-likeness (QED) is 0.898. The Balaban J connectivity index is 1.79. The number of benzene rings is 1. The van der Waals surface area contributed by atoms with Crippen molar-refractivity contribution in [1.29, 1.82) is 0 Å². The number of carbonyl (C=O) groups is 2. The molecule has 1 atom stereocenters. The van der Waals surface area contributed by atoms with E-state index in [4.69, 9.17) is 4.74 Å². The van der Waals surface area contributed by atoms with Crippen LogP contribution in [0.5, 0.6) is 0 Å². The van der Waals surface area contributed by atoms with Crippen LogP contribution in [-0.4, -0.2) is 48.7 Å². The molecule has 1 amide bonds. The van der Waals surface area contributed by atoms with Crippen LogP contribution in [0, 0.1) is 5.41 Å². The molecule has 0 bridgehead atoms. The van der Waals surface area contributed by atoms with Gasteiger partial charge in [-0.25, -0.2) is 0 Å². The van der Waals surface area contributed by atoms with Gasteiger partial charge in [0.1, 0.15) is 5.41 Å². The molecule has 2 aliphatic rings. The molecule has 1 aromatic carbocycles. The van der Waals surface area contributed by atoms with Crippen molar-refractivity contribution in [1.82, 2.24) is 4.90 Å². The van der Waals surface area contributed by atoms with Crippen molar-refractivity contribution in [3.05, 3.63) is 35.9 Å². The smallest absolute Gasteiger partial charge is 0.313 e. The summed E-state index contributed by atoms with van der Waals surface area (Å²) in [4.78, 5) is 26.3. The largest absolute Gasteiger partial charge is 0.481 e. The number of hydrogen-bond donors (Lipinski definition) is 1. The number of likely N-dealkylation sites (tertiary alicyclic amines) is 1. The van der Waals surface area contributed by atoms with Crippen molar-refractivity contribution in [3.8, 4) is 0 Å². The van der Waals surface area contributed by atoms with E-state index in [9.17, 15) is 14.7 Å². The zero-order chi connectivity index (χ0) is 15.8. The molecule has 5 heteroatoms. The van der Waals surface area contributed by atoms with Crippen LogP contribution in [0.15, 0.2) is 30.3 Å². The van der Waals surface area contributed by atoms with Gasteiger partial charge in [-0.3, -0.25) is 9.59 Å². The number of amides is 1. The summed E-state index contributed by atoms with van der Waals surface area (Å²) in [6, 6.07) is 9.80. The maximum atomic E-state index is 12.9. The Morgan fingerprint density at radius 2 is 1.91 bits per heavy atom. The number of rotatable bonds is 5. The van der Waals surface area contributed by atoms with Gasteiger partial charge in [-0.05, 0) is 24.8 Å². The molecule has 1 N–H and O–H groups in total. The van der Waals surface area contributed by atoms with E-state index in [0.29, 0.717) is 13.0 Å². The molecule has 1 saturated carbocycles. The van der Waals surface area contributed by atoms with Gasteiger partial charge in [-0.15, -0.1) is 0 Å². The van der Waals surface area contributed by atoms with E-state index in [1.807, 2.05) is 30.3 Å². The lowest BCUT2D eigenvalue weighted by molar-refractivity contribution is -0.151. The van der Waals surface area contributed by atoms with Gasteiger partial charge in [0.2, 0.25) is 5.91 Å². The van der Waals surface area contributed by atoms with Crippen molar-refractivity contribution in [2.45, 2.75) is 24.7 Å². The number of carboxylic acid groups (broad SMARTS) is 1. The van der Waals surface area contributed by atoms with Gasteiger partial charge in [0, 0.05) is 20.2 Å². The van der Waals surface area contributed by atoms with E-state index in [1.165, 1.54) is 7.11 Å². The molecule has 1 saturated heterocycles. The number of carboxylic acids is 1. The minimum absolute atomic E-state index is 0.0675. The van der Waals surface area contributed by atoms with Gasteiger partial charge in [0.15, 0.2) is 0 Å². The number of aliphatic carboxylic acids is 1. The van der Waals surface area contributed by atoms with Gasteiger partial charge in [0.05, 0.1) is 12.0 Å². The Labute approximate surface area is 129 Å². The summed E-state index contributed by atoms with van der Waals surface area (Å²) in [6.07, 6.45) is 2.14. The fourth-order valence-electron chi connectivity index (χ4n) is 3.49. The molecule has 1 aliphatic carbocycles. The summed E-state index contributed by atoms with van der Waals surface area (Å²) in [5.74, 6) is -0.813. The lowest BCUT2D eigenvalue weighted by Gasteiger charge is -2.26. The third kappa shape index (κ3) is 2.29. The maximum Gasteiger partial charge on any atom is 0.313 e. The van der Waals surface area contributed by atoms with Crippen molar-refractivity contribution in [2.75, 3.05) is 26.8 Å². The van der Waals surface area contributed by atoms with E-state index >= 15 is 0 Å². The fraction of sp³-hybridized carbons (Fsp3) is 0.529. The van der Waals surface area contributed by atoms with Crippen LogP contribution in [0.3, 0.4) is 0 Å². The Kier molecular flexibility index (Phi) is 3.68. The van der Waals surface area contributed by atoms with Crippen LogP contribution in [0.2, 0.25) is 0 Å². The Hall–Kier alpha value is -1.88. The number of hydrogen-bond acceptors (Lipinski definition) is 3. The molecule has 1 aromatic rings. The molecule has 0 spiro atoms. The van der Waals surface area contributed by atoms with Crippen LogP contribution in [0.1, 0.15) is 24.8 Å². The summed E-state index contributed by atoms with van der Waals surface area (Å²) in [5.41, 5.74) is -0.348. The fourth-order valence-corrected chi connectivity index (χ4v) is 3.49. The van der Waals surface area contributed by atoms with Gasteiger partial charge in [-0.2, -0.15) is 0 Å². The van der Waals surface area contributed by atoms with Crippen molar-refractivity contribution in [2.24, 2.45) is 5.41 Å². The van der Waals surface area contributed by atoms with Crippen LogP contribution < -0.4 is 0 Å². The summed E-state index contributed by atoms with van der Waals surface area (Å²) in [6.45, 7) is 0.872. The zero-order valence-electron chi connectivity index (χ0n) is 12.7. The Morgan fingerprint density at radius 1 is 1.23 bits per heavy atom. The number of nitrogens with zero attached hydrogens (tertiary/aromatic N) is 1. The minimum atomic E-state index is -0.961. The van der Waals surface area contributed by atoms with Crippen LogP contribution in [0.4, 0.5) is 0 Å². The molecule has 1 unspecified atom stereocenters. The molecule has 0 aromatic heterocycles. The second-order valence-electron chi connectivity index (χ2n) is 6.44. The number of carbonyl (C=O) groups excluding carboxylic acids is 1. The van der Waals surface area contributed by atoms with Gasteiger partial charge in [0.25, 0.3) is 0 Å². The van der Waals surface area contributed by atoms with Crippen molar-refractivity contribution >= 4 is 11.9 Å². The van der Waals surface area contributed by atoms with Gasteiger partial charge >= 0.3 is 5.97 Å². The standard InChI is InChI=1S/C17H21NO4/c1-22-12-16(15(20)21)9-10-18(11-16)14(19)17(7-8-17)13-5-3-2-4-6-13/h2-6H,7-12H2,1H3,(H,20,21). The Bertz CT molecular complexity index is 582. The molecule has 1 aliphatic heterocycles. The van der Waals surface area contributed by atoms with Crippen molar-refractivity contribution in [3.63, 3.8) is 0 Å². The first kappa shape index (κ1) is 15.0. The molecule has 1 heterocycles. The first-order chi connectivity index (χ1) is 10.5. The predicted octanol–water partition coefficient (Wildman–Crippen LogP) is 1.67. The Morgan fingerprint density at radius 3 is 2.45 bits per heavy atom. The molecule has 2 fully saturated rings. The second kappa shape index (κ2) is 5.39. The van der Waals surface area contributed by atoms with E-state index in [1.54, 1.807) is 4.90 Å². The van der Waals surface area contributed by atoms with E-state index in [0.717, 1.165) is 18.4 Å². The summed E-state index contributed by atoms with van der Waals surface area (Å²) >= 11 is 0. The van der Waals surface area contributed by atoms with Crippen LogP contribution in [0.25, 0.3) is 0 Å². The molecule has 5 nitrogen and oxygen atoms in total. The van der Waals surface area contributed by atoms with E-state index < -0.39 is 16.8 Å². The topological polar surface area (TPSA) is 66.8 Å². The highest BCUT2D eigenvalue weighted by molar-refractivity contribution is 5.92. The molecular weight excluding hydrogens is 282 g/mol. The summed E-state index contributed by atoms with van der Waals surface area (Å²) in [5, 5.41) is 9.51. The molecule has 118 valence electrons. The normalized spacial score (nSPS) is 26.0. The second-order valence-corrected chi connectivity index (χ2v) is 6.44. The first-order valence-corrected chi connectivity index (χ1v) is 7.61. The van der Waals surface area contributed by atoms with E-state index in [2.05, 4.69) is 0 Å². The highest BCUT2D eigenvalue weighted by Crippen LogP contribution is 2.50. The predicted molar refractivity (Wildman–Crippen MR) is 80.5 cm³/mol. The lowest BCUT2D eigenvalue weighted by atomic mass is 9.88. The lowest BCUT2D eigenvalue weighted by Crippen LogP contribution is -2.43. The monoisotopic (exact) mass is 303 g/mol. The van der Waals surface area contributed by atoms with Gasteiger partial charge < -0.3 is 14.7 Å². The summed E-state index contributed by atoms with van der Waals surface area (Å²) < 4.78 is 5.09. The highest BCUT2D eigenvalue weighted by Gasteiger charge is 2.56. The SMILES string of the molecule is COCC1(C(=O)O)CCN(C(=O)C2(c3ccccc3)CC2)C1. The average molecular weight is 303 g/mol. The molecular formula is C17H21NO4. The van der Waals surface area contributed by atoms with Crippen molar-refractivity contribution < 1.29 is 19.4 Å².